The largest absolute Gasteiger partial charge is 0.444 e. The van der Waals surface area contributed by atoms with Crippen molar-refractivity contribution in [1.29, 1.82) is 0 Å². The maximum Gasteiger partial charge on any atom is 0.410 e. The smallest absolute Gasteiger partial charge is 0.410 e. The zero-order chi connectivity index (χ0) is 14.0. The van der Waals surface area contributed by atoms with E-state index in [0.29, 0.717) is 6.54 Å². The Kier molecular flexibility index (Phi) is 4.53. The van der Waals surface area contributed by atoms with Crippen molar-refractivity contribution in [2.45, 2.75) is 38.7 Å². The van der Waals surface area contributed by atoms with Gasteiger partial charge in [0, 0.05) is 33.1 Å². The van der Waals surface area contributed by atoms with Crippen LogP contribution in [0.2, 0.25) is 0 Å². The fourth-order valence-corrected chi connectivity index (χ4v) is 1.83. The summed E-state index contributed by atoms with van der Waals surface area (Å²) in [5.41, 5.74) is -0.612. The highest BCUT2D eigenvalue weighted by molar-refractivity contribution is 5.67. The second kappa shape index (κ2) is 5.38. The van der Waals surface area contributed by atoms with E-state index in [9.17, 15) is 13.6 Å². The number of piperidine rings is 1. The first-order chi connectivity index (χ1) is 8.12. The standard InChI is InChI=1S/C12H22F2N2O2/c1-11(2,3)18-10(17)16(4)8-9-7-15-6-5-12(9,13)14/h9,15H,5-8H2,1-4H3. The van der Waals surface area contributed by atoms with Crippen LogP contribution in [0.5, 0.6) is 0 Å². The van der Waals surface area contributed by atoms with Gasteiger partial charge < -0.3 is 15.0 Å². The molecule has 1 aliphatic rings. The van der Waals surface area contributed by atoms with Gasteiger partial charge in [-0.15, -0.1) is 0 Å². The average Bonchev–Trinajstić information content (AvgIpc) is 2.18. The molecule has 106 valence electrons. The number of nitrogens with zero attached hydrogens (tertiary/aromatic N) is 1. The predicted molar refractivity (Wildman–Crippen MR) is 64.8 cm³/mol. The molecule has 4 nitrogen and oxygen atoms in total. The number of alkyl halides is 2. The van der Waals surface area contributed by atoms with Crippen LogP contribution in [0.1, 0.15) is 27.2 Å². The first-order valence-electron chi connectivity index (χ1n) is 6.14. The average molecular weight is 264 g/mol. The molecule has 0 aromatic heterocycles. The van der Waals surface area contributed by atoms with Crippen molar-refractivity contribution in [3.63, 3.8) is 0 Å². The van der Waals surface area contributed by atoms with Crippen molar-refractivity contribution >= 4 is 6.09 Å². The number of rotatable bonds is 2. The van der Waals surface area contributed by atoms with Gasteiger partial charge in [0.15, 0.2) is 0 Å². The summed E-state index contributed by atoms with van der Waals surface area (Å²) in [6.45, 7) is 5.77. The number of nitrogens with one attached hydrogen (secondary N) is 1. The van der Waals surface area contributed by atoms with E-state index in [1.54, 1.807) is 20.8 Å². The first-order valence-corrected chi connectivity index (χ1v) is 6.14. The lowest BCUT2D eigenvalue weighted by atomic mass is 9.94. The maximum absolute atomic E-state index is 13.6. The Morgan fingerprint density at radius 2 is 2.11 bits per heavy atom. The van der Waals surface area contributed by atoms with E-state index < -0.39 is 23.5 Å². The molecule has 1 fully saturated rings. The minimum absolute atomic E-state index is 0.00505. The lowest BCUT2D eigenvalue weighted by Crippen LogP contribution is -2.50. The summed E-state index contributed by atoms with van der Waals surface area (Å²) >= 11 is 0. The molecule has 0 radical (unpaired) electrons. The molecule has 1 unspecified atom stereocenters. The highest BCUT2D eigenvalue weighted by atomic mass is 19.3. The van der Waals surface area contributed by atoms with Crippen LogP contribution in [0.4, 0.5) is 13.6 Å². The number of halogens is 2. The molecule has 1 atom stereocenters. The molecule has 0 aromatic rings. The maximum atomic E-state index is 13.6. The normalized spacial score (nSPS) is 23.6. The Balaban J connectivity index is 2.53. The second-order valence-electron chi connectivity index (χ2n) is 5.77. The molecule has 1 N–H and O–H groups in total. The highest BCUT2D eigenvalue weighted by Gasteiger charge is 2.42. The van der Waals surface area contributed by atoms with Gasteiger partial charge in [-0.2, -0.15) is 0 Å². The summed E-state index contributed by atoms with van der Waals surface area (Å²) in [6, 6.07) is 0. The molecule has 1 rings (SSSR count). The Morgan fingerprint density at radius 1 is 1.50 bits per heavy atom. The lowest BCUT2D eigenvalue weighted by Gasteiger charge is -2.34. The fraction of sp³-hybridized carbons (Fsp3) is 0.917. The predicted octanol–water partition coefficient (Wildman–Crippen LogP) is 2.10. The monoisotopic (exact) mass is 264 g/mol. The number of carbonyl (C=O) groups is 1. The molecule has 1 amide bonds. The third-order valence-electron chi connectivity index (χ3n) is 2.82. The summed E-state index contributed by atoms with van der Waals surface area (Å²) < 4.78 is 32.4. The van der Waals surface area contributed by atoms with Crippen LogP contribution in [0.25, 0.3) is 0 Å². The van der Waals surface area contributed by atoms with E-state index in [2.05, 4.69) is 5.32 Å². The Hall–Kier alpha value is -0.910. The minimum atomic E-state index is -2.72. The van der Waals surface area contributed by atoms with Gasteiger partial charge >= 0.3 is 6.09 Å². The van der Waals surface area contributed by atoms with Crippen molar-refractivity contribution in [1.82, 2.24) is 10.2 Å². The van der Waals surface area contributed by atoms with E-state index in [0.717, 1.165) is 0 Å². The lowest BCUT2D eigenvalue weighted by molar-refractivity contribution is -0.0856. The highest BCUT2D eigenvalue weighted by Crippen LogP contribution is 2.31. The van der Waals surface area contributed by atoms with Gasteiger partial charge in [0.05, 0.1) is 5.92 Å². The van der Waals surface area contributed by atoms with Crippen molar-refractivity contribution in [2.75, 3.05) is 26.7 Å². The molecule has 0 aliphatic carbocycles. The summed E-state index contributed by atoms with van der Waals surface area (Å²) in [6.07, 6.45) is -0.747. The molecule has 1 aliphatic heterocycles. The summed E-state index contributed by atoms with van der Waals surface area (Å²) in [5, 5.41) is 2.92. The quantitative estimate of drug-likeness (QED) is 0.830. The molecule has 1 saturated heterocycles. The van der Waals surface area contributed by atoms with Gasteiger partial charge in [0.2, 0.25) is 0 Å². The Labute approximate surface area is 107 Å². The van der Waals surface area contributed by atoms with E-state index >= 15 is 0 Å². The Bertz CT molecular complexity index is 303. The summed E-state index contributed by atoms with van der Waals surface area (Å²) in [5.74, 6) is -3.58. The van der Waals surface area contributed by atoms with Crippen molar-refractivity contribution < 1.29 is 18.3 Å². The molecule has 1 heterocycles. The zero-order valence-corrected chi connectivity index (χ0v) is 11.4. The van der Waals surface area contributed by atoms with Gasteiger partial charge in [0.25, 0.3) is 5.92 Å². The van der Waals surface area contributed by atoms with Crippen LogP contribution in [-0.2, 0) is 4.74 Å². The Morgan fingerprint density at radius 3 is 2.61 bits per heavy atom. The summed E-state index contributed by atoms with van der Waals surface area (Å²) in [7, 11) is 1.48. The third kappa shape index (κ3) is 4.40. The summed E-state index contributed by atoms with van der Waals surface area (Å²) in [4.78, 5) is 12.9. The third-order valence-corrected chi connectivity index (χ3v) is 2.82. The van der Waals surface area contributed by atoms with Gasteiger partial charge in [-0.25, -0.2) is 13.6 Å². The topological polar surface area (TPSA) is 41.6 Å². The SMILES string of the molecule is CN(CC1CNCCC1(F)F)C(=O)OC(C)(C)C. The van der Waals surface area contributed by atoms with Crippen molar-refractivity contribution in [2.24, 2.45) is 5.92 Å². The zero-order valence-electron chi connectivity index (χ0n) is 11.4. The number of amides is 1. The molecular formula is C12H22F2N2O2. The van der Waals surface area contributed by atoms with E-state index in [4.69, 9.17) is 4.74 Å². The van der Waals surface area contributed by atoms with Crippen LogP contribution >= 0.6 is 0 Å². The number of hydrogen-bond acceptors (Lipinski definition) is 3. The van der Waals surface area contributed by atoms with E-state index in [1.807, 2.05) is 0 Å². The molecule has 0 aromatic carbocycles. The van der Waals surface area contributed by atoms with Gasteiger partial charge in [-0.1, -0.05) is 0 Å². The number of hydrogen-bond donors (Lipinski definition) is 1. The second-order valence-corrected chi connectivity index (χ2v) is 5.77. The van der Waals surface area contributed by atoms with Crippen molar-refractivity contribution in [3.8, 4) is 0 Å². The van der Waals surface area contributed by atoms with E-state index in [1.165, 1.54) is 11.9 Å². The number of ether oxygens (including phenoxy) is 1. The van der Waals surface area contributed by atoms with Crippen LogP contribution in [0.3, 0.4) is 0 Å². The van der Waals surface area contributed by atoms with Crippen LogP contribution in [0, 0.1) is 5.92 Å². The minimum Gasteiger partial charge on any atom is -0.444 e. The van der Waals surface area contributed by atoms with Gasteiger partial charge in [0.1, 0.15) is 5.60 Å². The first kappa shape index (κ1) is 15.1. The van der Waals surface area contributed by atoms with Gasteiger partial charge in [-0.05, 0) is 20.8 Å². The van der Waals surface area contributed by atoms with E-state index in [-0.39, 0.29) is 19.5 Å². The van der Waals surface area contributed by atoms with Crippen molar-refractivity contribution in [3.05, 3.63) is 0 Å². The van der Waals surface area contributed by atoms with Crippen LogP contribution in [-0.4, -0.2) is 49.2 Å². The molecular weight excluding hydrogens is 242 g/mol. The van der Waals surface area contributed by atoms with Crippen LogP contribution in [0.15, 0.2) is 0 Å². The molecule has 0 spiro atoms. The molecule has 6 heteroatoms. The molecule has 0 saturated carbocycles. The molecule has 0 bridgehead atoms. The number of carbonyl (C=O) groups excluding carboxylic acids is 1. The fourth-order valence-electron chi connectivity index (χ4n) is 1.83. The van der Waals surface area contributed by atoms with Gasteiger partial charge in [-0.3, -0.25) is 0 Å². The van der Waals surface area contributed by atoms with Crippen LogP contribution < -0.4 is 5.32 Å². The molecule has 18 heavy (non-hydrogen) atoms.